The molecule has 2 aromatic rings. The van der Waals surface area contributed by atoms with Gasteiger partial charge in [-0.2, -0.15) is 13.2 Å². The Hall–Kier alpha value is -2.61. The third kappa shape index (κ3) is 4.97. The number of alkyl halides is 3. The zero-order chi connectivity index (χ0) is 20.6. The molecule has 0 spiro atoms. The third-order valence-corrected chi connectivity index (χ3v) is 3.82. The lowest BCUT2D eigenvalue weighted by Gasteiger charge is -2.33. The van der Waals surface area contributed by atoms with Gasteiger partial charge < -0.3 is 15.6 Å². The van der Waals surface area contributed by atoms with Gasteiger partial charge in [-0.25, -0.2) is 4.79 Å². The molecule has 0 aliphatic heterocycles. The van der Waals surface area contributed by atoms with Crippen LogP contribution in [0.5, 0.6) is 11.5 Å². The van der Waals surface area contributed by atoms with Crippen LogP contribution in [0, 0.1) is 0 Å². The summed E-state index contributed by atoms with van der Waals surface area (Å²) in [5, 5.41) is 9.59. The summed E-state index contributed by atoms with van der Waals surface area (Å²) >= 11 is 6.00. The van der Waals surface area contributed by atoms with Crippen LogP contribution in [0.3, 0.4) is 0 Å². The summed E-state index contributed by atoms with van der Waals surface area (Å²) in [7, 11) is 0. The minimum absolute atomic E-state index is 0.0915. The molecule has 0 aliphatic carbocycles. The Labute approximate surface area is 159 Å². The quantitative estimate of drug-likeness (QED) is 0.616. The number of nitrogens with two attached hydrogens (primary N) is 1. The fourth-order valence-electron chi connectivity index (χ4n) is 2.45. The van der Waals surface area contributed by atoms with E-state index in [0.717, 1.165) is 17.0 Å². The summed E-state index contributed by atoms with van der Waals surface area (Å²) in [5.74, 6) is -0.115. The van der Waals surface area contributed by atoms with Crippen LogP contribution < -0.4 is 15.4 Å². The van der Waals surface area contributed by atoms with Gasteiger partial charge in [0.15, 0.2) is 0 Å². The van der Waals surface area contributed by atoms with E-state index in [1.807, 2.05) is 0 Å². The van der Waals surface area contributed by atoms with Gasteiger partial charge in [-0.05, 0) is 51.1 Å². The molecular formula is C18H18ClF3N2O3. The molecule has 27 heavy (non-hydrogen) atoms. The van der Waals surface area contributed by atoms with Crippen LogP contribution in [-0.2, 0) is 6.18 Å². The molecule has 146 valence electrons. The molecule has 0 radical (unpaired) electrons. The molecule has 5 nitrogen and oxygen atoms in total. The highest BCUT2D eigenvalue weighted by molar-refractivity contribution is 6.32. The lowest BCUT2D eigenvalue weighted by atomic mass is 10.0. The van der Waals surface area contributed by atoms with E-state index in [2.05, 4.69) is 0 Å². The molecule has 3 N–H and O–H groups in total. The second-order valence-electron chi connectivity index (χ2n) is 6.79. The Balaban J connectivity index is 2.59. The van der Waals surface area contributed by atoms with Crippen LogP contribution in [0.2, 0.25) is 5.02 Å². The standard InChI is InChI=1S/C18H18ClF3N2O3/c1-17(2,3)24(16(25)26)12-6-10(18(20,21)22)7-13(9-12)27-15-5-4-11(23)8-14(15)19/h4-9H,23H2,1-3H3,(H,25,26). The van der Waals surface area contributed by atoms with Gasteiger partial charge in [0.2, 0.25) is 0 Å². The van der Waals surface area contributed by atoms with Crippen molar-refractivity contribution in [1.29, 1.82) is 0 Å². The second-order valence-corrected chi connectivity index (χ2v) is 7.20. The van der Waals surface area contributed by atoms with Crippen LogP contribution in [0.4, 0.5) is 29.3 Å². The molecule has 1 amide bonds. The van der Waals surface area contributed by atoms with Gasteiger partial charge in [-0.1, -0.05) is 11.6 Å². The maximum Gasteiger partial charge on any atom is 0.416 e. The molecule has 0 saturated carbocycles. The Morgan fingerprint density at radius 2 is 1.78 bits per heavy atom. The number of hydrogen-bond acceptors (Lipinski definition) is 3. The predicted octanol–water partition coefficient (Wildman–Crippen LogP) is 6.02. The average molecular weight is 403 g/mol. The first kappa shape index (κ1) is 20.7. The first-order chi connectivity index (χ1) is 12.3. The molecule has 0 fully saturated rings. The molecule has 0 aromatic heterocycles. The van der Waals surface area contributed by atoms with Crippen molar-refractivity contribution in [3.8, 4) is 11.5 Å². The number of nitrogen functional groups attached to an aromatic ring is 1. The van der Waals surface area contributed by atoms with Crippen LogP contribution in [0.15, 0.2) is 36.4 Å². The second kappa shape index (κ2) is 7.19. The van der Waals surface area contributed by atoms with Crippen molar-refractivity contribution in [2.75, 3.05) is 10.6 Å². The zero-order valence-corrected chi connectivity index (χ0v) is 15.5. The molecule has 2 aromatic carbocycles. The van der Waals surface area contributed by atoms with Gasteiger partial charge in [0.1, 0.15) is 11.5 Å². The summed E-state index contributed by atoms with van der Waals surface area (Å²) in [6.07, 6.45) is -6.08. The number of ether oxygens (including phenoxy) is 1. The van der Waals surface area contributed by atoms with Crippen molar-refractivity contribution in [2.24, 2.45) is 0 Å². The number of amides is 1. The summed E-state index contributed by atoms with van der Waals surface area (Å²) in [4.78, 5) is 12.5. The molecule has 0 unspecified atom stereocenters. The van der Waals surface area contributed by atoms with Gasteiger partial charge in [-0.15, -0.1) is 0 Å². The Morgan fingerprint density at radius 1 is 1.15 bits per heavy atom. The van der Waals surface area contributed by atoms with E-state index in [1.165, 1.54) is 24.3 Å². The molecular weight excluding hydrogens is 385 g/mol. The first-order valence-electron chi connectivity index (χ1n) is 7.77. The van der Waals surface area contributed by atoms with Crippen molar-refractivity contribution in [3.63, 3.8) is 0 Å². The van der Waals surface area contributed by atoms with Crippen molar-refractivity contribution in [3.05, 3.63) is 47.0 Å². The summed E-state index contributed by atoms with van der Waals surface area (Å²) < 4.78 is 45.4. The predicted molar refractivity (Wildman–Crippen MR) is 97.6 cm³/mol. The number of rotatable bonds is 3. The highest BCUT2D eigenvalue weighted by Gasteiger charge is 2.35. The minimum atomic E-state index is -4.69. The van der Waals surface area contributed by atoms with Gasteiger partial charge in [0.05, 0.1) is 16.3 Å². The molecule has 0 heterocycles. The smallest absolute Gasteiger partial charge is 0.416 e. The van der Waals surface area contributed by atoms with Crippen molar-refractivity contribution >= 4 is 29.1 Å². The van der Waals surface area contributed by atoms with Crippen LogP contribution in [0.25, 0.3) is 0 Å². The first-order valence-corrected chi connectivity index (χ1v) is 8.15. The molecule has 0 atom stereocenters. The number of hydrogen-bond donors (Lipinski definition) is 2. The lowest BCUT2D eigenvalue weighted by molar-refractivity contribution is -0.137. The Bertz CT molecular complexity index is 864. The number of nitrogens with zero attached hydrogens (tertiary/aromatic N) is 1. The molecule has 2 rings (SSSR count). The highest BCUT2D eigenvalue weighted by atomic mass is 35.5. The van der Waals surface area contributed by atoms with Gasteiger partial charge in [0, 0.05) is 17.3 Å². The maximum absolute atomic E-state index is 13.3. The number of anilines is 2. The Kier molecular flexibility index (Phi) is 5.51. The fourth-order valence-corrected chi connectivity index (χ4v) is 2.67. The zero-order valence-electron chi connectivity index (χ0n) is 14.8. The number of halogens is 4. The topological polar surface area (TPSA) is 75.8 Å². The van der Waals surface area contributed by atoms with Gasteiger partial charge >= 0.3 is 12.3 Å². The van der Waals surface area contributed by atoms with Crippen LogP contribution in [0.1, 0.15) is 26.3 Å². The average Bonchev–Trinajstić information content (AvgIpc) is 2.47. The largest absolute Gasteiger partial charge is 0.465 e. The summed E-state index contributed by atoms with van der Waals surface area (Å²) in [6, 6.07) is 7.03. The van der Waals surface area contributed by atoms with Gasteiger partial charge in [-0.3, -0.25) is 4.90 Å². The van der Waals surface area contributed by atoms with Crippen molar-refractivity contribution in [2.45, 2.75) is 32.5 Å². The van der Waals surface area contributed by atoms with E-state index in [0.29, 0.717) is 5.69 Å². The highest BCUT2D eigenvalue weighted by Crippen LogP contribution is 2.39. The minimum Gasteiger partial charge on any atom is -0.465 e. The fraction of sp³-hybridized carbons (Fsp3) is 0.278. The summed E-state index contributed by atoms with van der Waals surface area (Å²) in [5.41, 5.74) is 3.75. The Morgan fingerprint density at radius 3 is 2.26 bits per heavy atom. The summed E-state index contributed by atoms with van der Waals surface area (Å²) in [6.45, 7) is 4.70. The van der Waals surface area contributed by atoms with E-state index < -0.39 is 23.4 Å². The van der Waals surface area contributed by atoms with E-state index in [9.17, 15) is 23.1 Å². The van der Waals surface area contributed by atoms with E-state index in [1.54, 1.807) is 20.8 Å². The number of carbonyl (C=O) groups is 1. The molecule has 0 bridgehead atoms. The lowest BCUT2D eigenvalue weighted by Crippen LogP contribution is -2.45. The number of benzene rings is 2. The van der Waals surface area contributed by atoms with E-state index >= 15 is 0 Å². The monoisotopic (exact) mass is 402 g/mol. The number of carboxylic acid groups (broad SMARTS) is 1. The van der Waals surface area contributed by atoms with Crippen LogP contribution >= 0.6 is 11.6 Å². The van der Waals surface area contributed by atoms with Crippen LogP contribution in [-0.4, -0.2) is 16.7 Å². The van der Waals surface area contributed by atoms with Gasteiger partial charge in [0.25, 0.3) is 0 Å². The maximum atomic E-state index is 13.3. The van der Waals surface area contributed by atoms with Crippen molar-refractivity contribution < 1.29 is 27.8 Å². The molecule has 0 saturated heterocycles. The molecule has 9 heteroatoms. The van der Waals surface area contributed by atoms with Crippen molar-refractivity contribution in [1.82, 2.24) is 0 Å². The molecule has 0 aliphatic rings. The normalized spacial score (nSPS) is 12.0. The van der Waals surface area contributed by atoms with E-state index in [4.69, 9.17) is 22.1 Å². The van der Waals surface area contributed by atoms with E-state index in [-0.39, 0.29) is 22.2 Å². The SMILES string of the molecule is CC(C)(C)N(C(=O)O)c1cc(Oc2ccc(N)cc2Cl)cc(C(F)(F)F)c1. The third-order valence-electron chi connectivity index (χ3n) is 3.52.